The molecule has 196 valence electrons. The van der Waals surface area contributed by atoms with Gasteiger partial charge in [0, 0.05) is 55.3 Å². The van der Waals surface area contributed by atoms with Crippen LogP contribution in [0.4, 0.5) is 5.82 Å². The Bertz CT molecular complexity index is 1350. The maximum absolute atomic E-state index is 13.1. The zero-order chi connectivity index (χ0) is 26.1. The number of aromatic nitrogens is 3. The first-order valence-electron chi connectivity index (χ1n) is 13.1. The van der Waals surface area contributed by atoms with E-state index in [0.717, 1.165) is 48.6 Å². The predicted molar refractivity (Wildman–Crippen MR) is 143 cm³/mol. The fourth-order valence-corrected chi connectivity index (χ4v) is 5.50. The van der Waals surface area contributed by atoms with Gasteiger partial charge in [0.1, 0.15) is 17.8 Å². The number of ether oxygens (including phenoxy) is 1. The molecule has 3 atom stereocenters. The van der Waals surface area contributed by atoms with Crippen molar-refractivity contribution < 1.29 is 14.3 Å². The zero-order valence-electron chi connectivity index (χ0n) is 21.0. The second-order valence-corrected chi connectivity index (χ2v) is 9.96. The van der Waals surface area contributed by atoms with Gasteiger partial charge in [-0.05, 0) is 43.5 Å². The number of carbonyl (C=O) groups is 2. The lowest BCUT2D eigenvalue weighted by molar-refractivity contribution is -0.136. The van der Waals surface area contributed by atoms with Gasteiger partial charge in [-0.2, -0.15) is 0 Å². The van der Waals surface area contributed by atoms with E-state index in [9.17, 15) is 9.59 Å². The first-order chi connectivity index (χ1) is 18.6. The molecule has 10 heteroatoms. The van der Waals surface area contributed by atoms with Gasteiger partial charge in [-0.3, -0.25) is 9.59 Å². The third-order valence-electron chi connectivity index (χ3n) is 7.47. The maximum atomic E-state index is 13.1. The van der Waals surface area contributed by atoms with Crippen LogP contribution in [0, 0.1) is 5.92 Å². The van der Waals surface area contributed by atoms with E-state index < -0.39 is 6.17 Å². The van der Waals surface area contributed by atoms with Crippen molar-refractivity contribution in [3.05, 3.63) is 71.9 Å². The number of pyridine rings is 1. The molecule has 0 spiro atoms. The van der Waals surface area contributed by atoms with Gasteiger partial charge < -0.3 is 30.6 Å². The molecule has 4 N–H and O–H groups in total. The number of anilines is 1. The number of amides is 2. The van der Waals surface area contributed by atoms with Gasteiger partial charge in [0.05, 0.1) is 23.9 Å². The van der Waals surface area contributed by atoms with E-state index in [4.69, 9.17) is 15.5 Å². The van der Waals surface area contributed by atoms with Crippen LogP contribution in [-0.4, -0.2) is 57.6 Å². The summed E-state index contributed by atoms with van der Waals surface area (Å²) in [5, 5.41) is 5.98. The lowest BCUT2D eigenvalue weighted by Gasteiger charge is -2.34. The highest BCUT2D eigenvalue weighted by Crippen LogP contribution is 2.35. The molecule has 5 heterocycles. The summed E-state index contributed by atoms with van der Waals surface area (Å²) in [4.78, 5) is 37.0. The van der Waals surface area contributed by atoms with E-state index in [0.29, 0.717) is 31.1 Å². The standard InChI is InChI=1S/C28H31N7O3/c29-25-24-23(18-6-8-19(9-7-18)27(36)32-22-5-1-2-11-30-22)33-26(35(24)14-12-31-25)20-4-3-13-34(16-20)28(37)21-10-15-38-17-21/h1-2,5-9,11-12,14,20-21,25,31H,3-4,10,13,15-17,29H2,(H,30,32,36)/t20-,21?,25?/m1/s1. The number of piperidine rings is 1. The number of nitrogens with one attached hydrogen (secondary N) is 2. The topological polar surface area (TPSA) is 127 Å². The molecule has 10 nitrogen and oxygen atoms in total. The average molecular weight is 514 g/mol. The quantitative estimate of drug-likeness (QED) is 0.479. The van der Waals surface area contributed by atoms with Crippen LogP contribution in [-0.2, 0) is 9.53 Å². The van der Waals surface area contributed by atoms with Crippen LogP contribution in [0.15, 0.2) is 54.9 Å². The number of imidazole rings is 1. The zero-order valence-corrected chi connectivity index (χ0v) is 21.0. The lowest BCUT2D eigenvalue weighted by atomic mass is 9.95. The van der Waals surface area contributed by atoms with Crippen LogP contribution in [0.1, 0.15) is 53.2 Å². The minimum Gasteiger partial charge on any atom is -0.381 e. The Balaban J connectivity index is 1.26. The number of fused-ring (bicyclic) bond motifs is 1. The van der Waals surface area contributed by atoms with Crippen molar-refractivity contribution in [3.8, 4) is 11.3 Å². The van der Waals surface area contributed by atoms with Crippen molar-refractivity contribution in [1.82, 2.24) is 24.8 Å². The summed E-state index contributed by atoms with van der Waals surface area (Å²) >= 11 is 0. The van der Waals surface area contributed by atoms with Gasteiger partial charge in [0.15, 0.2) is 0 Å². The third kappa shape index (κ3) is 4.68. The highest BCUT2D eigenvalue weighted by atomic mass is 16.5. The highest BCUT2D eigenvalue weighted by Gasteiger charge is 2.35. The van der Waals surface area contributed by atoms with Crippen LogP contribution < -0.4 is 16.4 Å². The van der Waals surface area contributed by atoms with Crippen molar-refractivity contribution in [2.45, 2.75) is 31.3 Å². The summed E-state index contributed by atoms with van der Waals surface area (Å²) in [6, 6.07) is 12.7. The molecule has 2 saturated heterocycles. The van der Waals surface area contributed by atoms with Crippen molar-refractivity contribution in [1.29, 1.82) is 0 Å². The van der Waals surface area contributed by atoms with Gasteiger partial charge in [0.25, 0.3) is 5.91 Å². The van der Waals surface area contributed by atoms with E-state index in [1.54, 1.807) is 30.5 Å². The van der Waals surface area contributed by atoms with Gasteiger partial charge >= 0.3 is 0 Å². The Morgan fingerprint density at radius 1 is 1.13 bits per heavy atom. The fourth-order valence-electron chi connectivity index (χ4n) is 5.50. The molecule has 2 amide bonds. The van der Waals surface area contributed by atoms with Crippen LogP contribution in [0.5, 0.6) is 0 Å². The molecule has 0 aliphatic carbocycles. The number of hydrogen-bond acceptors (Lipinski definition) is 7. The number of nitrogens with two attached hydrogens (primary N) is 1. The Morgan fingerprint density at radius 3 is 2.76 bits per heavy atom. The second-order valence-electron chi connectivity index (χ2n) is 9.96. The maximum Gasteiger partial charge on any atom is 0.256 e. The van der Waals surface area contributed by atoms with Crippen LogP contribution in [0.25, 0.3) is 17.5 Å². The minimum absolute atomic E-state index is 0.0376. The monoisotopic (exact) mass is 513 g/mol. The van der Waals surface area contributed by atoms with Crippen molar-refractivity contribution in [2.75, 3.05) is 31.6 Å². The first-order valence-corrected chi connectivity index (χ1v) is 13.1. The molecule has 3 aliphatic heterocycles. The van der Waals surface area contributed by atoms with Crippen LogP contribution in [0.2, 0.25) is 0 Å². The van der Waals surface area contributed by atoms with Gasteiger partial charge in [0.2, 0.25) is 5.91 Å². The third-order valence-corrected chi connectivity index (χ3v) is 7.47. The van der Waals surface area contributed by atoms with Crippen LogP contribution in [0.3, 0.4) is 0 Å². The van der Waals surface area contributed by atoms with Crippen molar-refractivity contribution >= 4 is 23.8 Å². The Kier molecular flexibility index (Phi) is 6.65. The second kappa shape index (κ2) is 10.4. The average Bonchev–Trinajstić information content (AvgIpc) is 3.63. The fraction of sp³-hybridized carbons (Fsp3) is 0.357. The van der Waals surface area contributed by atoms with Gasteiger partial charge in [-0.25, -0.2) is 9.97 Å². The Hall–Kier alpha value is -4.02. The number of nitrogens with zero attached hydrogens (tertiary/aromatic N) is 4. The molecule has 38 heavy (non-hydrogen) atoms. The number of rotatable bonds is 5. The van der Waals surface area contributed by atoms with E-state index in [1.165, 1.54) is 0 Å². The van der Waals surface area contributed by atoms with E-state index in [2.05, 4.69) is 20.2 Å². The Labute approximate surface area is 220 Å². The van der Waals surface area contributed by atoms with Gasteiger partial charge in [-0.1, -0.05) is 18.2 Å². The van der Waals surface area contributed by atoms with E-state index >= 15 is 0 Å². The molecule has 3 aliphatic rings. The molecule has 3 aromatic rings. The molecule has 0 bridgehead atoms. The van der Waals surface area contributed by atoms with Gasteiger partial charge in [-0.15, -0.1) is 0 Å². The molecule has 0 saturated carbocycles. The summed E-state index contributed by atoms with van der Waals surface area (Å²) in [5.41, 5.74) is 9.50. The summed E-state index contributed by atoms with van der Waals surface area (Å²) < 4.78 is 7.51. The summed E-state index contributed by atoms with van der Waals surface area (Å²) in [6.07, 6.45) is 7.65. The first kappa shape index (κ1) is 24.3. The molecule has 0 radical (unpaired) electrons. The number of hydrogen-bond donors (Lipinski definition) is 3. The SMILES string of the molecule is NC1NC=Cn2c([C@@H]3CCCN(C(=O)C4CCOC4)C3)nc(-c3ccc(C(=O)Nc4ccccn4)cc3)c21. The molecule has 2 fully saturated rings. The smallest absolute Gasteiger partial charge is 0.256 e. The van der Waals surface area contributed by atoms with Crippen molar-refractivity contribution in [2.24, 2.45) is 11.7 Å². The minimum atomic E-state index is -0.430. The summed E-state index contributed by atoms with van der Waals surface area (Å²) in [7, 11) is 0. The molecular weight excluding hydrogens is 482 g/mol. The normalized spacial score (nSPS) is 22.6. The molecule has 1 aromatic carbocycles. The number of likely N-dealkylation sites (tertiary alicyclic amines) is 1. The van der Waals surface area contributed by atoms with Crippen molar-refractivity contribution in [3.63, 3.8) is 0 Å². The lowest BCUT2D eigenvalue weighted by Crippen LogP contribution is -2.43. The van der Waals surface area contributed by atoms with Crippen LogP contribution >= 0.6 is 0 Å². The number of carbonyl (C=O) groups excluding carboxylic acids is 2. The largest absolute Gasteiger partial charge is 0.381 e. The molecular formula is C28H31N7O3. The summed E-state index contributed by atoms with van der Waals surface area (Å²) in [5.74, 6) is 1.42. The summed E-state index contributed by atoms with van der Waals surface area (Å²) in [6.45, 7) is 2.58. The van der Waals surface area contributed by atoms with E-state index in [1.807, 2.05) is 35.5 Å². The molecule has 6 rings (SSSR count). The molecule has 2 aromatic heterocycles. The molecule has 2 unspecified atom stereocenters. The Morgan fingerprint density at radius 2 is 2.00 bits per heavy atom. The predicted octanol–water partition coefficient (Wildman–Crippen LogP) is 2.93. The number of benzene rings is 1. The van der Waals surface area contributed by atoms with E-state index in [-0.39, 0.29) is 23.7 Å². The highest BCUT2D eigenvalue weighted by molar-refractivity contribution is 6.04.